The second-order valence-electron chi connectivity index (χ2n) is 15.6. The lowest BCUT2D eigenvalue weighted by atomic mass is 9.83. The van der Waals surface area contributed by atoms with Crippen LogP contribution in [0.25, 0.3) is 0 Å². The molecule has 0 saturated carbocycles. The first-order valence-electron chi connectivity index (χ1n) is 19.9. The number of nitrogens with two attached hydrogens (primary N) is 2. The highest BCUT2D eigenvalue weighted by Crippen LogP contribution is 2.49. The van der Waals surface area contributed by atoms with Crippen LogP contribution in [0.1, 0.15) is 46.1 Å². The topological polar surface area (TPSA) is 294 Å². The van der Waals surface area contributed by atoms with Crippen LogP contribution in [0.3, 0.4) is 0 Å². The third kappa shape index (κ3) is 12.4. The van der Waals surface area contributed by atoms with E-state index in [0.29, 0.717) is 17.9 Å². The lowest BCUT2D eigenvalue weighted by Gasteiger charge is -2.43. The number of fused-ring (bicyclic) bond motifs is 5. The van der Waals surface area contributed by atoms with Crippen molar-refractivity contribution in [2.45, 2.75) is 88.7 Å². The lowest BCUT2D eigenvalue weighted by Crippen LogP contribution is -2.66. The van der Waals surface area contributed by atoms with Gasteiger partial charge < -0.3 is 49.4 Å². The molecule has 0 aromatic heterocycles. The summed E-state index contributed by atoms with van der Waals surface area (Å²) in [5, 5.41) is 9.69. The number of carbonyl (C=O) groups is 7. The Bertz CT molecular complexity index is 1970. The molecule has 2 saturated heterocycles. The van der Waals surface area contributed by atoms with Gasteiger partial charge in [-0.2, -0.15) is 0 Å². The van der Waals surface area contributed by atoms with E-state index >= 15 is 0 Å². The Balaban J connectivity index is 1.59. The highest BCUT2D eigenvalue weighted by molar-refractivity contribution is 6.35. The Morgan fingerprint density at radius 2 is 1.71 bits per heavy atom. The number of epoxide rings is 1. The molecule has 3 aliphatic heterocycles. The quantitative estimate of drug-likeness (QED) is 0.0790. The molecule has 1 aromatic carbocycles. The van der Waals surface area contributed by atoms with E-state index in [1.54, 1.807) is 38.1 Å². The summed E-state index contributed by atoms with van der Waals surface area (Å²) in [6.07, 6.45) is 0.686. The number of benzene rings is 1. The van der Waals surface area contributed by atoms with Crippen LogP contribution >= 0.6 is 11.6 Å². The molecule has 6 amide bonds. The second-order valence-corrected chi connectivity index (χ2v) is 16.0. The van der Waals surface area contributed by atoms with Gasteiger partial charge in [0.15, 0.2) is 5.72 Å². The first kappa shape index (κ1) is 50.3. The van der Waals surface area contributed by atoms with Crippen LogP contribution in [0.15, 0.2) is 35.9 Å². The van der Waals surface area contributed by atoms with Crippen molar-refractivity contribution in [2.75, 3.05) is 59.5 Å². The molecule has 22 nitrogen and oxygen atoms in total. The fraction of sp³-hybridized carbons (Fsp3) is 0.575. The maximum Gasteiger partial charge on any atom is 0.409 e. The predicted octanol–water partition coefficient (Wildman–Crippen LogP) is -0.349. The fourth-order valence-corrected chi connectivity index (χ4v) is 7.56. The molecule has 0 spiro atoms. The van der Waals surface area contributed by atoms with Crippen LogP contribution in [0.5, 0.6) is 5.75 Å². The molecular formula is C40H57ClN8O14. The first-order chi connectivity index (χ1) is 29.7. The van der Waals surface area contributed by atoms with Crippen molar-refractivity contribution >= 4 is 58.9 Å². The van der Waals surface area contributed by atoms with Gasteiger partial charge in [-0.15, -0.1) is 0 Å². The zero-order chi connectivity index (χ0) is 46.8. The molecule has 8 unspecified atom stereocenters. The van der Waals surface area contributed by atoms with Crippen molar-refractivity contribution in [3.8, 4) is 5.75 Å². The number of ether oxygens (including phenoxy) is 5. The first-order valence-corrected chi connectivity index (χ1v) is 20.2. The number of nitrogens with one attached hydrogen (secondary N) is 4. The third-order valence-corrected chi connectivity index (χ3v) is 11.6. The van der Waals surface area contributed by atoms with E-state index in [1.165, 1.54) is 40.1 Å². The van der Waals surface area contributed by atoms with Gasteiger partial charge >= 0.3 is 12.1 Å². The minimum atomic E-state index is -1.57. The van der Waals surface area contributed by atoms with Gasteiger partial charge in [-0.05, 0) is 44.9 Å². The van der Waals surface area contributed by atoms with Gasteiger partial charge in [-0.25, -0.2) is 21.4 Å². The Kier molecular flexibility index (Phi) is 17.4. The van der Waals surface area contributed by atoms with Gasteiger partial charge in [-0.1, -0.05) is 42.3 Å². The zero-order valence-corrected chi connectivity index (χ0v) is 37.2. The number of hydrogen-bond donors (Lipinski definition) is 6. The standard InChI is InChI=1S/C40H57ClN8O14/c1-21-10-9-11-28(58-8)40(63-43)16-27(60-38(56)47-40)22(2)36-39(4,62-36)29(15-33(53)49(6)25-13-24(12-21)14-26(57-7)35(25)41)61-37(55)23(3)48(5)34(54)19-46-31(51)17-44-30(50)18-45-32(52)20-59-42/h9-11,13-14,22-23,27-29,36H,12,15-20,42-43H2,1-8H3,(H,44,50)(H,45,52)(H,46,51)(H,47,56)/b11-9+,21-10+. The monoisotopic (exact) mass is 908 g/mol. The molecule has 63 heavy (non-hydrogen) atoms. The molecular weight excluding hydrogens is 852 g/mol. The molecule has 348 valence electrons. The summed E-state index contributed by atoms with van der Waals surface area (Å²) in [6.45, 7) is 4.74. The lowest BCUT2D eigenvalue weighted by molar-refractivity contribution is -0.178. The Morgan fingerprint density at radius 1 is 1.06 bits per heavy atom. The molecule has 8 N–H and O–H groups in total. The summed E-state index contributed by atoms with van der Waals surface area (Å²) in [5.41, 5.74) is -0.921. The van der Waals surface area contributed by atoms with Crippen molar-refractivity contribution < 1.29 is 66.9 Å². The van der Waals surface area contributed by atoms with E-state index in [2.05, 4.69) is 26.1 Å². The van der Waals surface area contributed by atoms with Crippen LogP contribution in [0.4, 0.5) is 10.5 Å². The Labute approximate surface area is 369 Å². The molecule has 0 aliphatic carbocycles. The fourth-order valence-electron chi connectivity index (χ4n) is 7.25. The van der Waals surface area contributed by atoms with Gasteiger partial charge in [0.1, 0.15) is 47.3 Å². The van der Waals surface area contributed by atoms with Crippen molar-refractivity contribution in [3.63, 3.8) is 0 Å². The van der Waals surface area contributed by atoms with Crippen LogP contribution in [-0.4, -0.2) is 143 Å². The highest BCUT2D eigenvalue weighted by Gasteiger charge is 2.65. The number of amides is 6. The smallest absolute Gasteiger partial charge is 0.409 e. The molecule has 23 heteroatoms. The van der Waals surface area contributed by atoms with E-state index < -0.39 is 122 Å². The summed E-state index contributed by atoms with van der Waals surface area (Å²) in [5.74, 6) is 6.20. The third-order valence-electron chi connectivity index (χ3n) is 11.3. The number of rotatable bonds is 14. The summed E-state index contributed by atoms with van der Waals surface area (Å²) >= 11 is 6.77. The Hall–Kier alpha value is -5.36. The highest BCUT2D eigenvalue weighted by atomic mass is 35.5. The maximum absolute atomic E-state index is 14.2. The summed E-state index contributed by atoms with van der Waals surface area (Å²) in [7, 11) is 5.73. The van der Waals surface area contributed by atoms with Crippen LogP contribution in [0, 0.1) is 5.92 Å². The number of nitrogens with zero attached hydrogens (tertiary/aromatic N) is 2. The van der Waals surface area contributed by atoms with E-state index in [1.807, 2.05) is 13.0 Å². The normalized spacial score (nSPS) is 27.8. The summed E-state index contributed by atoms with van der Waals surface area (Å²) in [4.78, 5) is 102. The van der Waals surface area contributed by atoms with Crippen LogP contribution in [-0.2, 0) is 63.8 Å². The molecule has 1 aromatic rings. The van der Waals surface area contributed by atoms with Crippen molar-refractivity contribution in [1.29, 1.82) is 0 Å². The summed E-state index contributed by atoms with van der Waals surface area (Å²) < 4.78 is 29.4. The molecule has 8 atom stereocenters. The molecule has 3 aliphatic rings. The maximum atomic E-state index is 14.2. The van der Waals surface area contributed by atoms with E-state index in [4.69, 9.17) is 51.9 Å². The van der Waals surface area contributed by atoms with Gasteiger partial charge in [0.25, 0.3) is 0 Å². The minimum Gasteiger partial charge on any atom is -0.495 e. The number of hydrogen-bond acceptors (Lipinski definition) is 16. The van der Waals surface area contributed by atoms with Gasteiger partial charge in [-0.3, -0.25) is 39.0 Å². The average molecular weight is 909 g/mol. The van der Waals surface area contributed by atoms with Gasteiger partial charge in [0.05, 0.1) is 45.0 Å². The van der Waals surface area contributed by atoms with Crippen molar-refractivity contribution in [1.82, 2.24) is 26.2 Å². The van der Waals surface area contributed by atoms with Crippen LogP contribution in [0.2, 0.25) is 5.02 Å². The molecule has 3 heterocycles. The summed E-state index contributed by atoms with van der Waals surface area (Å²) in [6, 6.07) is 2.26. The minimum absolute atomic E-state index is 0.00424. The number of likely N-dealkylation sites (N-methyl/N-ethyl adjacent to an activating group) is 1. The number of methoxy groups -OCH3 is 2. The number of allylic oxidation sites excluding steroid dienone is 3. The number of carbonyl (C=O) groups excluding carboxylic acids is 7. The van der Waals surface area contributed by atoms with E-state index in [0.717, 1.165) is 16.0 Å². The predicted molar refractivity (Wildman–Crippen MR) is 223 cm³/mol. The Morgan fingerprint density at radius 3 is 2.33 bits per heavy atom. The largest absolute Gasteiger partial charge is 0.495 e. The number of anilines is 1. The molecule has 4 rings (SSSR count). The van der Waals surface area contributed by atoms with Gasteiger partial charge in [0, 0.05) is 33.5 Å². The molecule has 0 radical (unpaired) electrons. The van der Waals surface area contributed by atoms with Gasteiger partial charge in [0.2, 0.25) is 29.5 Å². The van der Waals surface area contributed by atoms with Crippen molar-refractivity contribution in [2.24, 2.45) is 17.7 Å². The molecule has 4 bridgehead atoms. The van der Waals surface area contributed by atoms with E-state index in [-0.39, 0.29) is 11.4 Å². The van der Waals surface area contributed by atoms with Crippen molar-refractivity contribution in [3.05, 3.63) is 46.5 Å². The number of esters is 1. The number of alkyl carbamates (subject to hydrolysis) is 1. The SMILES string of the molecule is COc1cc2cc(c1Cl)N(C)C(=O)CC(OC(=O)C(C)N(C)C(=O)CNC(=O)CNC(=O)CNC(=O)CON)C1(C)OC1C(C)C1CC(ON)(NC(=O)O1)C(OC)/C=C/C=C(\C)C2. The number of halogens is 1. The second kappa shape index (κ2) is 21.8. The van der Waals surface area contributed by atoms with E-state index in [9.17, 15) is 33.6 Å². The average Bonchev–Trinajstić information content (AvgIpc) is 3.95. The molecule has 2 fully saturated rings. The van der Waals surface area contributed by atoms with Crippen LogP contribution < -0.4 is 42.7 Å². The zero-order valence-electron chi connectivity index (χ0n) is 36.4.